The fraction of sp³-hybridized carbons (Fsp3) is 0.167. The van der Waals surface area contributed by atoms with Crippen molar-refractivity contribution < 1.29 is 18.8 Å². The van der Waals surface area contributed by atoms with Gasteiger partial charge in [-0.2, -0.15) is 4.98 Å². The summed E-state index contributed by atoms with van der Waals surface area (Å²) in [6.07, 6.45) is 0. The second-order valence-electron chi connectivity index (χ2n) is 5.26. The highest BCUT2D eigenvalue weighted by Gasteiger charge is 2.11. The molecule has 8 heteroatoms. The molecule has 0 aliphatic rings. The van der Waals surface area contributed by atoms with Crippen LogP contribution in [0.15, 0.2) is 53.1 Å². The van der Waals surface area contributed by atoms with Gasteiger partial charge in [0.2, 0.25) is 11.7 Å². The summed E-state index contributed by atoms with van der Waals surface area (Å²) in [6, 6.07) is 14.1. The zero-order valence-corrected chi connectivity index (χ0v) is 14.7. The molecular weight excluding hydrogens is 358 g/mol. The van der Waals surface area contributed by atoms with Crippen LogP contribution in [0.5, 0.6) is 11.5 Å². The van der Waals surface area contributed by atoms with E-state index in [1.165, 1.54) is 0 Å². The van der Waals surface area contributed by atoms with Crippen molar-refractivity contribution in [2.45, 2.75) is 6.54 Å². The van der Waals surface area contributed by atoms with Gasteiger partial charge in [-0.05, 0) is 36.4 Å². The maximum atomic E-state index is 11.8. The lowest BCUT2D eigenvalue weighted by molar-refractivity contribution is -0.123. The van der Waals surface area contributed by atoms with Crippen LogP contribution in [0.25, 0.3) is 11.4 Å². The number of carbonyl (C=O) groups excluding carboxylic acids is 1. The van der Waals surface area contributed by atoms with E-state index in [2.05, 4.69) is 15.5 Å². The zero-order chi connectivity index (χ0) is 18.4. The minimum absolute atomic E-state index is 0.111. The average molecular weight is 374 g/mol. The number of methoxy groups -OCH3 is 1. The predicted octanol–water partition coefficient (Wildman–Crippen LogP) is 3.09. The maximum absolute atomic E-state index is 11.8. The van der Waals surface area contributed by atoms with Crippen molar-refractivity contribution in [2.24, 2.45) is 0 Å². The minimum atomic E-state index is -0.305. The van der Waals surface area contributed by atoms with Crippen LogP contribution >= 0.6 is 11.6 Å². The molecule has 134 valence electrons. The average Bonchev–Trinajstić information content (AvgIpc) is 3.15. The lowest BCUT2D eigenvalue weighted by Gasteiger charge is -2.06. The summed E-state index contributed by atoms with van der Waals surface area (Å²) in [4.78, 5) is 16.1. The van der Waals surface area contributed by atoms with Gasteiger partial charge in [-0.3, -0.25) is 4.79 Å². The number of hydrogen-bond acceptors (Lipinski definition) is 6. The van der Waals surface area contributed by atoms with Crippen LogP contribution < -0.4 is 14.8 Å². The van der Waals surface area contributed by atoms with E-state index in [0.717, 1.165) is 5.56 Å². The van der Waals surface area contributed by atoms with Crippen LogP contribution in [0.2, 0.25) is 5.02 Å². The normalized spacial score (nSPS) is 10.4. The molecule has 2 aromatic carbocycles. The Bertz CT molecular complexity index is 880. The zero-order valence-electron chi connectivity index (χ0n) is 13.9. The molecule has 0 fully saturated rings. The Labute approximate surface area is 154 Å². The Morgan fingerprint density at radius 3 is 2.77 bits per heavy atom. The van der Waals surface area contributed by atoms with Crippen LogP contribution in [0.1, 0.15) is 5.89 Å². The molecule has 7 nitrogen and oxygen atoms in total. The molecule has 0 spiro atoms. The first-order chi connectivity index (χ1) is 12.6. The fourth-order valence-electron chi connectivity index (χ4n) is 2.11. The number of amides is 1. The number of carbonyl (C=O) groups is 1. The third-order valence-electron chi connectivity index (χ3n) is 3.42. The first kappa shape index (κ1) is 17.8. The predicted molar refractivity (Wildman–Crippen MR) is 95.1 cm³/mol. The van der Waals surface area contributed by atoms with Crippen molar-refractivity contribution in [1.82, 2.24) is 15.5 Å². The Kier molecular flexibility index (Phi) is 5.70. The lowest BCUT2D eigenvalue weighted by atomic mass is 10.2. The van der Waals surface area contributed by atoms with Crippen molar-refractivity contribution in [1.29, 1.82) is 0 Å². The van der Waals surface area contributed by atoms with E-state index >= 15 is 0 Å². The highest BCUT2D eigenvalue weighted by Crippen LogP contribution is 2.21. The molecule has 3 aromatic rings. The number of nitrogens with zero attached hydrogens (tertiary/aromatic N) is 2. The Morgan fingerprint density at radius 2 is 2.00 bits per heavy atom. The van der Waals surface area contributed by atoms with Gasteiger partial charge in [-0.25, -0.2) is 0 Å². The van der Waals surface area contributed by atoms with Gasteiger partial charge >= 0.3 is 0 Å². The molecule has 1 heterocycles. The van der Waals surface area contributed by atoms with Crippen LogP contribution in [0, 0.1) is 0 Å². The lowest BCUT2D eigenvalue weighted by Crippen LogP contribution is -2.28. The Hall–Kier alpha value is -3.06. The maximum Gasteiger partial charge on any atom is 0.258 e. The van der Waals surface area contributed by atoms with E-state index in [-0.39, 0.29) is 19.1 Å². The van der Waals surface area contributed by atoms with Crippen molar-refractivity contribution in [3.63, 3.8) is 0 Å². The molecule has 0 saturated heterocycles. The molecule has 0 unspecified atom stereocenters. The number of halogens is 1. The van der Waals surface area contributed by atoms with Gasteiger partial charge in [0, 0.05) is 10.6 Å². The van der Waals surface area contributed by atoms with Gasteiger partial charge in [0.15, 0.2) is 6.61 Å². The highest BCUT2D eigenvalue weighted by molar-refractivity contribution is 6.30. The number of ether oxygens (including phenoxy) is 2. The molecule has 3 rings (SSSR count). The standard InChI is InChI=1S/C18H16ClN3O4/c1-24-15-4-2-3-12(9-15)18-21-17(26-22-18)10-20-16(23)11-25-14-7-5-13(19)6-8-14/h2-9H,10-11H2,1H3,(H,20,23). The van der Waals surface area contributed by atoms with Crippen molar-refractivity contribution in [3.8, 4) is 22.9 Å². The minimum Gasteiger partial charge on any atom is -0.497 e. The molecule has 1 aromatic heterocycles. The number of benzene rings is 2. The number of nitrogens with one attached hydrogen (secondary N) is 1. The molecule has 0 saturated carbocycles. The molecule has 0 radical (unpaired) electrons. The highest BCUT2D eigenvalue weighted by atomic mass is 35.5. The Balaban J connectivity index is 1.51. The van der Waals surface area contributed by atoms with E-state index < -0.39 is 0 Å². The third-order valence-corrected chi connectivity index (χ3v) is 3.67. The van der Waals surface area contributed by atoms with Crippen LogP contribution in [0.3, 0.4) is 0 Å². The van der Waals surface area contributed by atoms with Crippen molar-refractivity contribution in [3.05, 3.63) is 59.4 Å². The second-order valence-corrected chi connectivity index (χ2v) is 5.70. The molecule has 1 N–H and O–H groups in total. The smallest absolute Gasteiger partial charge is 0.258 e. The summed E-state index contributed by atoms with van der Waals surface area (Å²) in [5.41, 5.74) is 0.761. The van der Waals surface area contributed by atoms with Gasteiger partial charge in [0.25, 0.3) is 5.91 Å². The number of hydrogen-bond donors (Lipinski definition) is 1. The molecular formula is C18H16ClN3O4. The van der Waals surface area contributed by atoms with Crippen molar-refractivity contribution >= 4 is 17.5 Å². The van der Waals surface area contributed by atoms with Crippen LogP contribution in [-0.2, 0) is 11.3 Å². The van der Waals surface area contributed by atoms with E-state index in [0.29, 0.717) is 28.2 Å². The van der Waals surface area contributed by atoms with Gasteiger partial charge in [0.1, 0.15) is 11.5 Å². The third kappa shape index (κ3) is 4.73. The molecule has 26 heavy (non-hydrogen) atoms. The summed E-state index contributed by atoms with van der Waals surface area (Å²) in [7, 11) is 1.59. The largest absolute Gasteiger partial charge is 0.497 e. The van der Waals surface area contributed by atoms with Gasteiger partial charge < -0.3 is 19.3 Å². The monoisotopic (exact) mass is 373 g/mol. The Morgan fingerprint density at radius 1 is 1.19 bits per heavy atom. The fourth-order valence-corrected chi connectivity index (χ4v) is 2.24. The molecule has 0 aliphatic carbocycles. The topological polar surface area (TPSA) is 86.5 Å². The van der Waals surface area contributed by atoms with Gasteiger partial charge in [-0.1, -0.05) is 28.9 Å². The van der Waals surface area contributed by atoms with E-state index in [9.17, 15) is 4.79 Å². The first-order valence-corrected chi connectivity index (χ1v) is 8.14. The first-order valence-electron chi connectivity index (χ1n) is 7.76. The SMILES string of the molecule is COc1cccc(-c2noc(CNC(=O)COc3ccc(Cl)cc3)n2)c1. The van der Waals surface area contributed by atoms with E-state index in [4.69, 9.17) is 25.6 Å². The second kappa shape index (κ2) is 8.35. The summed E-state index contributed by atoms with van der Waals surface area (Å²) in [5, 5.41) is 7.16. The number of aromatic nitrogens is 2. The summed E-state index contributed by atoms with van der Waals surface area (Å²) >= 11 is 5.79. The molecule has 1 amide bonds. The van der Waals surface area contributed by atoms with E-state index in [1.807, 2.05) is 18.2 Å². The van der Waals surface area contributed by atoms with Gasteiger partial charge in [0.05, 0.1) is 13.7 Å². The van der Waals surface area contributed by atoms with E-state index in [1.54, 1.807) is 37.4 Å². The molecule has 0 aliphatic heterocycles. The quantitative estimate of drug-likeness (QED) is 0.684. The number of rotatable bonds is 7. The molecule has 0 bridgehead atoms. The van der Waals surface area contributed by atoms with Crippen LogP contribution in [0.4, 0.5) is 0 Å². The van der Waals surface area contributed by atoms with Gasteiger partial charge in [-0.15, -0.1) is 0 Å². The summed E-state index contributed by atoms with van der Waals surface area (Å²) < 4.78 is 15.7. The van der Waals surface area contributed by atoms with Crippen LogP contribution in [-0.4, -0.2) is 29.8 Å². The molecule has 0 atom stereocenters. The van der Waals surface area contributed by atoms with Crippen molar-refractivity contribution in [2.75, 3.05) is 13.7 Å². The summed E-state index contributed by atoms with van der Waals surface area (Å²) in [5.74, 6) is 1.67. The summed E-state index contributed by atoms with van der Waals surface area (Å²) in [6.45, 7) is -0.0156.